The molecule has 0 saturated carbocycles. The molecule has 0 aliphatic heterocycles. The van der Waals surface area contributed by atoms with E-state index < -0.39 is 10.0 Å². The standard InChI is InChI=1S/C11H11ClN4O2S/c1-7-2-3-9(8(13)6-7)19(17,18)16-11-14-5-4-10(12)15-11/h2-6H,13H2,1H3,(H,14,15,16). The van der Waals surface area contributed by atoms with Crippen molar-refractivity contribution in [2.75, 3.05) is 10.5 Å². The topological polar surface area (TPSA) is 98.0 Å². The SMILES string of the molecule is Cc1ccc(S(=O)(=O)Nc2nccc(Cl)n2)c(N)c1. The van der Waals surface area contributed by atoms with Crippen LogP contribution in [0, 0.1) is 6.92 Å². The molecule has 0 aliphatic carbocycles. The molecule has 2 rings (SSSR count). The molecule has 0 fully saturated rings. The number of sulfonamides is 1. The summed E-state index contributed by atoms with van der Waals surface area (Å²) < 4.78 is 26.5. The van der Waals surface area contributed by atoms with Crippen molar-refractivity contribution >= 4 is 33.3 Å². The number of hydrogen-bond acceptors (Lipinski definition) is 5. The molecule has 1 aromatic heterocycles. The van der Waals surface area contributed by atoms with Crippen molar-refractivity contribution in [1.29, 1.82) is 0 Å². The summed E-state index contributed by atoms with van der Waals surface area (Å²) >= 11 is 5.66. The van der Waals surface area contributed by atoms with Crippen LogP contribution >= 0.6 is 11.6 Å². The van der Waals surface area contributed by atoms with Crippen molar-refractivity contribution in [2.24, 2.45) is 0 Å². The fourth-order valence-electron chi connectivity index (χ4n) is 1.47. The second-order valence-corrected chi connectivity index (χ2v) is 5.89. The third-order valence-corrected chi connectivity index (χ3v) is 3.91. The Morgan fingerprint density at radius 3 is 2.68 bits per heavy atom. The molecule has 0 bridgehead atoms. The summed E-state index contributed by atoms with van der Waals surface area (Å²) in [7, 11) is -3.84. The highest BCUT2D eigenvalue weighted by Crippen LogP contribution is 2.21. The predicted octanol–water partition coefficient (Wildman–Crippen LogP) is 1.82. The Morgan fingerprint density at radius 1 is 1.32 bits per heavy atom. The lowest BCUT2D eigenvalue weighted by Gasteiger charge is -2.09. The average Bonchev–Trinajstić information content (AvgIpc) is 2.27. The number of nitrogens with one attached hydrogen (secondary N) is 1. The Labute approximate surface area is 115 Å². The van der Waals surface area contributed by atoms with Crippen LogP contribution in [0.15, 0.2) is 35.4 Å². The lowest BCUT2D eigenvalue weighted by atomic mass is 10.2. The maximum absolute atomic E-state index is 12.1. The van der Waals surface area contributed by atoms with Crippen LogP contribution in [0.5, 0.6) is 0 Å². The third kappa shape index (κ3) is 3.12. The predicted molar refractivity (Wildman–Crippen MR) is 73.4 cm³/mol. The van der Waals surface area contributed by atoms with Crippen molar-refractivity contribution in [3.63, 3.8) is 0 Å². The lowest BCUT2D eigenvalue weighted by Crippen LogP contribution is -2.16. The van der Waals surface area contributed by atoms with Crippen molar-refractivity contribution in [3.05, 3.63) is 41.2 Å². The second kappa shape index (κ2) is 5.02. The number of aryl methyl sites for hydroxylation is 1. The maximum Gasteiger partial charge on any atom is 0.266 e. The highest BCUT2D eigenvalue weighted by Gasteiger charge is 2.18. The number of aromatic nitrogens is 2. The molecule has 0 spiro atoms. The number of hydrogen-bond donors (Lipinski definition) is 2. The van der Waals surface area contributed by atoms with Gasteiger partial charge in [0.1, 0.15) is 10.0 Å². The smallest absolute Gasteiger partial charge is 0.266 e. The fraction of sp³-hybridized carbons (Fsp3) is 0.0909. The van der Waals surface area contributed by atoms with Crippen molar-refractivity contribution < 1.29 is 8.42 Å². The zero-order valence-corrected chi connectivity index (χ0v) is 11.5. The van der Waals surface area contributed by atoms with Gasteiger partial charge in [-0.05, 0) is 30.7 Å². The largest absolute Gasteiger partial charge is 0.398 e. The monoisotopic (exact) mass is 298 g/mol. The maximum atomic E-state index is 12.1. The quantitative estimate of drug-likeness (QED) is 0.665. The molecular weight excluding hydrogens is 288 g/mol. The van der Waals surface area contributed by atoms with Gasteiger partial charge in [-0.1, -0.05) is 17.7 Å². The molecule has 1 aromatic carbocycles. The van der Waals surface area contributed by atoms with Gasteiger partial charge in [0.15, 0.2) is 0 Å². The number of benzene rings is 1. The average molecular weight is 299 g/mol. The number of halogens is 1. The first kappa shape index (κ1) is 13.6. The fourth-order valence-corrected chi connectivity index (χ4v) is 2.68. The summed E-state index contributed by atoms with van der Waals surface area (Å²) in [5.74, 6) is -0.104. The van der Waals surface area contributed by atoms with E-state index in [0.29, 0.717) is 0 Å². The van der Waals surface area contributed by atoms with Gasteiger partial charge in [0, 0.05) is 6.20 Å². The van der Waals surface area contributed by atoms with Gasteiger partial charge >= 0.3 is 0 Å². The molecule has 0 aliphatic rings. The van der Waals surface area contributed by atoms with Crippen molar-refractivity contribution in [3.8, 4) is 0 Å². The molecular formula is C11H11ClN4O2S. The van der Waals surface area contributed by atoms with E-state index in [1.807, 2.05) is 6.92 Å². The van der Waals surface area contributed by atoms with E-state index in [1.54, 1.807) is 12.1 Å². The minimum absolute atomic E-state index is 0.0262. The molecule has 8 heteroatoms. The van der Waals surface area contributed by atoms with Gasteiger partial charge in [-0.15, -0.1) is 0 Å². The van der Waals surface area contributed by atoms with Crippen LogP contribution in [0.3, 0.4) is 0 Å². The Morgan fingerprint density at radius 2 is 2.05 bits per heavy atom. The van der Waals surface area contributed by atoms with E-state index in [-0.39, 0.29) is 21.7 Å². The van der Waals surface area contributed by atoms with Gasteiger partial charge in [-0.2, -0.15) is 0 Å². The second-order valence-electron chi connectivity index (χ2n) is 3.85. The summed E-state index contributed by atoms with van der Waals surface area (Å²) in [4.78, 5) is 7.50. The number of nitrogens with zero attached hydrogens (tertiary/aromatic N) is 2. The molecule has 0 radical (unpaired) electrons. The van der Waals surface area contributed by atoms with Gasteiger partial charge in [0.25, 0.3) is 10.0 Å². The van der Waals surface area contributed by atoms with Crippen LogP contribution in [-0.2, 0) is 10.0 Å². The van der Waals surface area contributed by atoms with Gasteiger partial charge < -0.3 is 5.73 Å². The van der Waals surface area contributed by atoms with E-state index >= 15 is 0 Å². The summed E-state index contributed by atoms with van der Waals surface area (Å²) in [6.45, 7) is 1.82. The van der Waals surface area contributed by atoms with E-state index in [1.165, 1.54) is 18.3 Å². The summed E-state index contributed by atoms with van der Waals surface area (Å²) in [6, 6.07) is 6.11. The summed E-state index contributed by atoms with van der Waals surface area (Å²) in [5, 5.41) is 0.143. The highest BCUT2D eigenvalue weighted by molar-refractivity contribution is 7.92. The first-order chi connectivity index (χ1) is 8.88. The molecule has 19 heavy (non-hydrogen) atoms. The molecule has 0 amide bonds. The molecule has 0 atom stereocenters. The highest BCUT2D eigenvalue weighted by atomic mass is 35.5. The van der Waals surface area contributed by atoms with Crippen LogP contribution in [-0.4, -0.2) is 18.4 Å². The molecule has 2 aromatic rings. The molecule has 1 heterocycles. The van der Waals surface area contributed by atoms with Crippen LogP contribution in [0.4, 0.5) is 11.6 Å². The van der Waals surface area contributed by atoms with Gasteiger partial charge in [-0.3, -0.25) is 0 Å². The van der Waals surface area contributed by atoms with E-state index in [9.17, 15) is 8.42 Å². The minimum Gasteiger partial charge on any atom is -0.398 e. The molecule has 0 unspecified atom stereocenters. The third-order valence-electron chi connectivity index (χ3n) is 2.30. The number of anilines is 2. The summed E-state index contributed by atoms with van der Waals surface area (Å²) in [5.41, 5.74) is 6.74. The zero-order chi connectivity index (χ0) is 14.0. The lowest BCUT2D eigenvalue weighted by molar-refractivity contribution is 0.601. The molecule has 0 saturated heterocycles. The number of rotatable bonds is 3. The summed E-state index contributed by atoms with van der Waals surface area (Å²) in [6.07, 6.45) is 1.35. The van der Waals surface area contributed by atoms with E-state index in [4.69, 9.17) is 17.3 Å². The number of nitrogens with two attached hydrogens (primary N) is 1. The van der Waals surface area contributed by atoms with E-state index in [0.717, 1.165) is 5.56 Å². The number of nitrogen functional groups attached to an aromatic ring is 1. The van der Waals surface area contributed by atoms with Crippen LogP contribution in [0.2, 0.25) is 5.15 Å². The first-order valence-electron chi connectivity index (χ1n) is 5.26. The Bertz CT molecular complexity index is 718. The Hall–Kier alpha value is -1.86. The minimum atomic E-state index is -3.84. The van der Waals surface area contributed by atoms with Gasteiger partial charge in [0.2, 0.25) is 5.95 Å². The van der Waals surface area contributed by atoms with Crippen molar-refractivity contribution in [2.45, 2.75) is 11.8 Å². The van der Waals surface area contributed by atoms with Gasteiger partial charge in [0.05, 0.1) is 5.69 Å². The molecule has 6 nitrogen and oxygen atoms in total. The first-order valence-corrected chi connectivity index (χ1v) is 7.12. The Balaban J connectivity index is 2.38. The molecule has 3 N–H and O–H groups in total. The van der Waals surface area contributed by atoms with Gasteiger partial charge in [-0.25, -0.2) is 23.1 Å². The Kier molecular flexibility index (Phi) is 3.59. The normalized spacial score (nSPS) is 11.3. The van der Waals surface area contributed by atoms with E-state index in [2.05, 4.69) is 14.7 Å². The van der Waals surface area contributed by atoms with Crippen molar-refractivity contribution in [1.82, 2.24) is 9.97 Å². The molecule has 100 valence electrons. The van der Waals surface area contributed by atoms with Crippen LogP contribution < -0.4 is 10.5 Å². The van der Waals surface area contributed by atoms with Crippen LogP contribution in [0.1, 0.15) is 5.56 Å². The van der Waals surface area contributed by atoms with Crippen LogP contribution in [0.25, 0.3) is 0 Å². The zero-order valence-electron chi connectivity index (χ0n) is 9.96.